The van der Waals surface area contributed by atoms with Crippen molar-refractivity contribution >= 4 is 39.5 Å². The lowest BCUT2D eigenvalue weighted by Gasteiger charge is -2.21. The lowest BCUT2D eigenvalue weighted by molar-refractivity contribution is -0.161. The smallest absolute Gasteiger partial charge is 0.462 e. The maximum atomic E-state index is 13.1. The Balaban J connectivity index is 5.23. The van der Waals surface area contributed by atoms with E-state index in [1.165, 1.54) is 250 Å². The van der Waals surface area contributed by atoms with Gasteiger partial charge in [-0.25, -0.2) is 9.13 Å². The second kappa shape index (κ2) is 73.6. The van der Waals surface area contributed by atoms with Gasteiger partial charge in [0, 0.05) is 25.7 Å². The second-order valence-electron chi connectivity index (χ2n) is 30.5. The quantitative estimate of drug-likeness (QED) is 0.0222. The Kier molecular flexibility index (Phi) is 72.2. The summed E-state index contributed by atoms with van der Waals surface area (Å²) in [4.78, 5) is 73.0. The predicted molar refractivity (Wildman–Crippen MR) is 414 cm³/mol. The van der Waals surface area contributed by atoms with Crippen molar-refractivity contribution in [1.29, 1.82) is 0 Å². The van der Waals surface area contributed by atoms with Crippen LogP contribution < -0.4 is 0 Å². The van der Waals surface area contributed by atoms with Crippen molar-refractivity contribution < 1.29 is 80.2 Å². The molecule has 0 fully saturated rings. The van der Waals surface area contributed by atoms with Gasteiger partial charge in [0.05, 0.1) is 26.4 Å². The number of rotatable bonds is 81. The van der Waals surface area contributed by atoms with E-state index in [-0.39, 0.29) is 25.7 Å². The van der Waals surface area contributed by atoms with Crippen molar-refractivity contribution in [1.82, 2.24) is 0 Å². The normalized spacial score (nSPS) is 13.9. The van der Waals surface area contributed by atoms with E-state index >= 15 is 0 Å². The van der Waals surface area contributed by atoms with Crippen LogP contribution in [-0.4, -0.2) is 96.7 Å². The van der Waals surface area contributed by atoms with Gasteiger partial charge in [0.2, 0.25) is 0 Å². The number of hydrogen-bond acceptors (Lipinski definition) is 15. The molecule has 0 amide bonds. The number of aliphatic hydroxyl groups is 1. The fraction of sp³-hybridized carbons (Fsp3) is 0.951. The van der Waals surface area contributed by atoms with Crippen LogP contribution in [0.3, 0.4) is 0 Å². The monoisotopic (exact) mass is 1480 g/mol. The van der Waals surface area contributed by atoms with Crippen LogP contribution in [-0.2, 0) is 65.4 Å². The fourth-order valence-corrected chi connectivity index (χ4v) is 14.3. The molecule has 0 aliphatic carbocycles. The molecule has 0 heterocycles. The number of phosphoric acid groups is 2. The van der Waals surface area contributed by atoms with E-state index in [4.69, 9.17) is 37.0 Å². The summed E-state index contributed by atoms with van der Waals surface area (Å²) in [6.45, 7) is 9.64. The summed E-state index contributed by atoms with van der Waals surface area (Å²) < 4.78 is 68.7. The van der Waals surface area contributed by atoms with Crippen LogP contribution in [0.2, 0.25) is 0 Å². The first-order valence-electron chi connectivity index (χ1n) is 42.5. The standard InChI is InChI=1S/C82H160O17P2/c1-7-9-11-13-15-17-19-20-21-22-23-24-25-28-32-36-42-48-54-60-66-81(86)98-77(70-93-80(85)65-59-53-47-41-35-31-29-26-27-30-34-38-44-50-56-62-74(3)4)72-96-100(88,89)94-68-76(83)69-95-101(90,91)97-73-78(71-92-79(84)64-58-52-46-40-33-18-16-14-12-10-8-2)99-82(87)67-61-55-49-43-37-39-45-51-57-63-75(5)6/h74-78,83H,7-73H2,1-6H3,(H,88,89)(H,90,91)/t76-,77-,78-/m1/s1. The Morgan fingerprint density at radius 3 is 0.673 bits per heavy atom. The van der Waals surface area contributed by atoms with Crippen molar-refractivity contribution in [3.63, 3.8) is 0 Å². The van der Waals surface area contributed by atoms with Crippen LogP contribution in [0.1, 0.15) is 433 Å². The summed E-state index contributed by atoms with van der Waals surface area (Å²) in [5, 5.41) is 10.6. The molecule has 3 N–H and O–H groups in total. The summed E-state index contributed by atoms with van der Waals surface area (Å²) >= 11 is 0. The third-order valence-corrected chi connectivity index (χ3v) is 21.1. The fourth-order valence-electron chi connectivity index (χ4n) is 12.7. The lowest BCUT2D eigenvalue weighted by Crippen LogP contribution is -2.30. The number of carbonyl (C=O) groups is 4. The van der Waals surface area contributed by atoms with E-state index in [1.54, 1.807) is 0 Å². The number of ether oxygens (including phenoxy) is 4. The molecule has 2 unspecified atom stereocenters. The average Bonchev–Trinajstić information content (AvgIpc) is 0.952. The third-order valence-electron chi connectivity index (χ3n) is 19.2. The summed E-state index contributed by atoms with van der Waals surface area (Å²) in [7, 11) is -9.92. The topological polar surface area (TPSA) is 237 Å². The van der Waals surface area contributed by atoms with E-state index in [0.717, 1.165) is 102 Å². The van der Waals surface area contributed by atoms with Gasteiger partial charge in [-0.15, -0.1) is 0 Å². The molecular weight excluding hydrogens is 1320 g/mol. The van der Waals surface area contributed by atoms with E-state index in [2.05, 4.69) is 41.5 Å². The van der Waals surface area contributed by atoms with Crippen LogP contribution in [0.5, 0.6) is 0 Å². The molecule has 0 saturated carbocycles. The molecule has 17 nitrogen and oxygen atoms in total. The molecule has 0 saturated heterocycles. The molecule has 0 spiro atoms. The zero-order valence-corrected chi connectivity index (χ0v) is 68.0. The summed E-state index contributed by atoms with van der Waals surface area (Å²) in [5.41, 5.74) is 0. The van der Waals surface area contributed by atoms with E-state index < -0.39 is 97.5 Å². The molecule has 0 rings (SSSR count). The Morgan fingerprint density at radius 1 is 0.267 bits per heavy atom. The minimum absolute atomic E-state index is 0.106. The van der Waals surface area contributed by atoms with Gasteiger partial charge in [-0.3, -0.25) is 37.3 Å². The number of carbonyl (C=O) groups excluding carboxylic acids is 4. The average molecular weight is 1480 g/mol. The largest absolute Gasteiger partial charge is 0.472 e. The molecule has 0 aliphatic heterocycles. The minimum atomic E-state index is -4.96. The SMILES string of the molecule is CCCCCCCCCCCCCCCCCCCCCCC(=O)O[C@H](COC(=O)CCCCCCCCCCCCCCCCCC(C)C)COP(=O)(O)OC[C@@H](O)COP(=O)(O)OC[C@@H](COC(=O)CCCCCCCCCCCCC)OC(=O)CCCCCCCCCCCC(C)C. The molecule has 600 valence electrons. The van der Waals surface area contributed by atoms with Gasteiger partial charge in [0.25, 0.3) is 0 Å². The third kappa shape index (κ3) is 76.1. The van der Waals surface area contributed by atoms with Crippen LogP contribution >= 0.6 is 15.6 Å². The zero-order chi connectivity index (χ0) is 74.2. The predicted octanol–water partition coefficient (Wildman–Crippen LogP) is 24.7. The first-order valence-corrected chi connectivity index (χ1v) is 45.5. The van der Waals surface area contributed by atoms with Gasteiger partial charge in [0.15, 0.2) is 12.2 Å². The Morgan fingerprint density at radius 2 is 0.455 bits per heavy atom. The lowest BCUT2D eigenvalue weighted by atomic mass is 10.0. The molecule has 0 bridgehead atoms. The van der Waals surface area contributed by atoms with Gasteiger partial charge in [-0.1, -0.05) is 382 Å². The highest BCUT2D eigenvalue weighted by molar-refractivity contribution is 7.47. The molecule has 0 aromatic carbocycles. The maximum absolute atomic E-state index is 13.1. The van der Waals surface area contributed by atoms with Crippen molar-refractivity contribution in [2.24, 2.45) is 11.8 Å². The Labute approximate surface area is 619 Å². The number of hydrogen-bond donors (Lipinski definition) is 3. The van der Waals surface area contributed by atoms with E-state index in [1.807, 2.05) is 0 Å². The first-order chi connectivity index (χ1) is 48.9. The number of aliphatic hydroxyl groups excluding tert-OH is 1. The molecule has 101 heavy (non-hydrogen) atoms. The molecular formula is C82H160O17P2. The van der Waals surface area contributed by atoms with Crippen LogP contribution in [0.15, 0.2) is 0 Å². The van der Waals surface area contributed by atoms with Gasteiger partial charge in [-0.2, -0.15) is 0 Å². The molecule has 19 heteroatoms. The number of phosphoric ester groups is 2. The highest BCUT2D eigenvalue weighted by Gasteiger charge is 2.30. The van der Waals surface area contributed by atoms with Crippen LogP contribution in [0.4, 0.5) is 0 Å². The Hall–Kier alpha value is -1.94. The molecule has 5 atom stereocenters. The van der Waals surface area contributed by atoms with Crippen molar-refractivity contribution in [3.8, 4) is 0 Å². The minimum Gasteiger partial charge on any atom is -0.462 e. The van der Waals surface area contributed by atoms with Gasteiger partial charge < -0.3 is 33.8 Å². The van der Waals surface area contributed by atoms with Gasteiger partial charge in [-0.05, 0) is 37.5 Å². The van der Waals surface area contributed by atoms with E-state index in [0.29, 0.717) is 25.7 Å². The van der Waals surface area contributed by atoms with Crippen molar-refractivity contribution in [3.05, 3.63) is 0 Å². The molecule has 0 radical (unpaired) electrons. The first kappa shape index (κ1) is 99.1. The Bertz CT molecular complexity index is 1940. The van der Waals surface area contributed by atoms with Crippen LogP contribution in [0.25, 0.3) is 0 Å². The van der Waals surface area contributed by atoms with Crippen LogP contribution in [0, 0.1) is 11.8 Å². The summed E-state index contributed by atoms with van der Waals surface area (Å²) in [6, 6.07) is 0. The highest BCUT2D eigenvalue weighted by atomic mass is 31.2. The molecule has 0 aromatic rings. The van der Waals surface area contributed by atoms with Crippen molar-refractivity contribution in [2.75, 3.05) is 39.6 Å². The summed E-state index contributed by atoms with van der Waals surface area (Å²) in [6.07, 6.45) is 63.9. The highest BCUT2D eigenvalue weighted by Crippen LogP contribution is 2.45. The van der Waals surface area contributed by atoms with Crippen molar-refractivity contribution in [2.45, 2.75) is 452 Å². The molecule has 0 aromatic heterocycles. The summed E-state index contributed by atoms with van der Waals surface area (Å²) in [5.74, 6) is -0.565. The maximum Gasteiger partial charge on any atom is 0.472 e. The van der Waals surface area contributed by atoms with E-state index in [9.17, 15) is 43.2 Å². The molecule has 0 aliphatic rings. The van der Waals surface area contributed by atoms with Gasteiger partial charge in [0.1, 0.15) is 19.3 Å². The zero-order valence-electron chi connectivity index (χ0n) is 66.2. The number of unbranched alkanes of at least 4 members (excludes halogenated alkanes) is 51. The second-order valence-corrected chi connectivity index (χ2v) is 33.4. The number of esters is 4. The van der Waals surface area contributed by atoms with Gasteiger partial charge >= 0.3 is 39.5 Å².